The first kappa shape index (κ1) is 22.1. The molecule has 4 heterocycles. The molecule has 3 atom stereocenters. The van der Waals surface area contributed by atoms with Crippen molar-refractivity contribution in [2.45, 2.75) is 51.5 Å². The van der Waals surface area contributed by atoms with Crippen molar-refractivity contribution in [2.24, 2.45) is 0 Å². The quantitative estimate of drug-likeness (QED) is 0.665. The van der Waals surface area contributed by atoms with Crippen molar-refractivity contribution in [3.05, 3.63) is 70.7 Å². The number of β-amino-alcohol motifs (C(OH)–C–C–N with tert-alkyl or cyclic N) is 1. The summed E-state index contributed by atoms with van der Waals surface area (Å²) in [6.07, 6.45) is 4.83. The maximum Gasteiger partial charge on any atom is 0.274 e. The predicted octanol–water partition coefficient (Wildman–Crippen LogP) is 2.98. The van der Waals surface area contributed by atoms with E-state index in [1.807, 2.05) is 24.4 Å². The first-order valence-corrected chi connectivity index (χ1v) is 11.7. The zero-order chi connectivity index (χ0) is 23.1. The fraction of sp³-hybridized carbons (Fsp3) is 0.462. The number of ether oxygens (including phenoxy) is 1. The molecule has 0 radical (unpaired) electrons. The van der Waals surface area contributed by atoms with Crippen LogP contribution in [0.25, 0.3) is 5.65 Å². The molecule has 174 valence electrons. The lowest BCUT2D eigenvalue weighted by Crippen LogP contribution is -2.56. The Balaban J connectivity index is 1.31. The number of carbonyl (C=O) groups excluding carboxylic acids is 1. The Morgan fingerprint density at radius 3 is 2.76 bits per heavy atom. The lowest BCUT2D eigenvalue weighted by atomic mass is 9.94. The molecule has 1 amide bonds. The molecule has 33 heavy (non-hydrogen) atoms. The number of piperidine rings is 1. The van der Waals surface area contributed by atoms with E-state index in [9.17, 15) is 9.90 Å². The van der Waals surface area contributed by atoms with E-state index in [2.05, 4.69) is 40.2 Å². The average Bonchev–Trinajstić information content (AvgIpc) is 3.26. The Morgan fingerprint density at radius 2 is 2.00 bits per heavy atom. The monoisotopic (exact) mass is 448 g/mol. The largest absolute Gasteiger partial charge is 0.390 e. The summed E-state index contributed by atoms with van der Waals surface area (Å²) >= 11 is 0. The minimum atomic E-state index is -0.573. The summed E-state index contributed by atoms with van der Waals surface area (Å²) in [4.78, 5) is 22.1. The second kappa shape index (κ2) is 8.89. The molecule has 2 aliphatic rings. The molecular formula is C26H32N4O3. The van der Waals surface area contributed by atoms with Crippen LogP contribution >= 0.6 is 0 Å². The van der Waals surface area contributed by atoms with Gasteiger partial charge in [0.25, 0.3) is 5.91 Å². The zero-order valence-electron chi connectivity index (χ0n) is 19.6. The third-order valence-electron chi connectivity index (χ3n) is 7.19. The predicted molar refractivity (Wildman–Crippen MR) is 126 cm³/mol. The van der Waals surface area contributed by atoms with E-state index in [1.165, 1.54) is 11.1 Å². The number of rotatable bonds is 4. The number of methoxy groups -OCH3 is 1. The number of hydrogen-bond acceptors (Lipinski definition) is 5. The van der Waals surface area contributed by atoms with Crippen LogP contribution in [-0.2, 0) is 17.7 Å². The third-order valence-corrected chi connectivity index (χ3v) is 7.19. The van der Waals surface area contributed by atoms with E-state index in [-0.39, 0.29) is 18.1 Å². The Bertz CT molecular complexity index is 1170. The van der Waals surface area contributed by atoms with E-state index >= 15 is 0 Å². The summed E-state index contributed by atoms with van der Waals surface area (Å²) < 4.78 is 7.41. The normalized spacial score (nSPS) is 22.4. The summed E-state index contributed by atoms with van der Waals surface area (Å²) in [6, 6.07) is 10.7. The minimum absolute atomic E-state index is 0.0697. The van der Waals surface area contributed by atoms with Crippen molar-refractivity contribution < 1.29 is 14.6 Å². The molecule has 1 saturated heterocycles. The summed E-state index contributed by atoms with van der Waals surface area (Å²) in [7, 11) is 1.67. The van der Waals surface area contributed by atoms with Crippen LogP contribution in [0.1, 0.15) is 52.2 Å². The number of fused-ring (bicyclic) bond motifs is 2. The van der Waals surface area contributed by atoms with Gasteiger partial charge in [0.05, 0.1) is 12.2 Å². The Morgan fingerprint density at radius 1 is 1.21 bits per heavy atom. The standard InChI is InChI=1S/C26H32N4O3/c1-17-12-21(18(2)33-3)25-27-22(15-30(25)13-17)26(32)29-11-9-23(24(31)16-29)28-10-8-19-6-4-5-7-20(19)14-28/h4-7,12-13,15,18,23-24,31H,8-11,14,16H2,1-3H3/t18-,23+,24+/m1/s1. The lowest BCUT2D eigenvalue weighted by Gasteiger charge is -2.43. The van der Waals surface area contributed by atoms with E-state index in [4.69, 9.17) is 4.74 Å². The molecule has 0 spiro atoms. The van der Waals surface area contributed by atoms with Crippen molar-refractivity contribution in [1.82, 2.24) is 19.2 Å². The number of nitrogens with zero attached hydrogens (tertiary/aromatic N) is 4. The number of aliphatic hydroxyl groups excluding tert-OH is 1. The number of aryl methyl sites for hydroxylation is 1. The van der Waals surface area contributed by atoms with Crippen LogP contribution in [-0.4, -0.2) is 69.1 Å². The summed E-state index contributed by atoms with van der Waals surface area (Å²) in [6.45, 7) is 6.75. The second-order valence-corrected chi connectivity index (χ2v) is 9.37. The van der Waals surface area contributed by atoms with Gasteiger partial charge in [0.1, 0.15) is 11.3 Å². The van der Waals surface area contributed by atoms with Gasteiger partial charge in [-0.1, -0.05) is 24.3 Å². The van der Waals surface area contributed by atoms with Crippen LogP contribution in [0, 0.1) is 6.92 Å². The Hall–Kier alpha value is -2.74. The topological polar surface area (TPSA) is 70.3 Å². The van der Waals surface area contributed by atoms with E-state index in [0.29, 0.717) is 18.8 Å². The summed E-state index contributed by atoms with van der Waals surface area (Å²) in [5.41, 5.74) is 5.93. The van der Waals surface area contributed by atoms with Crippen LogP contribution in [0.3, 0.4) is 0 Å². The van der Waals surface area contributed by atoms with Crippen LogP contribution in [0.4, 0.5) is 0 Å². The van der Waals surface area contributed by atoms with Gasteiger partial charge in [0.15, 0.2) is 0 Å². The second-order valence-electron chi connectivity index (χ2n) is 9.37. The van der Waals surface area contributed by atoms with Gasteiger partial charge in [-0.05, 0) is 49.4 Å². The molecule has 0 unspecified atom stereocenters. The summed E-state index contributed by atoms with van der Waals surface area (Å²) in [5, 5.41) is 11.0. The molecule has 0 bridgehead atoms. The van der Waals surface area contributed by atoms with Gasteiger partial charge in [0, 0.05) is 57.3 Å². The minimum Gasteiger partial charge on any atom is -0.390 e. The fourth-order valence-electron chi connectivity index (χ4n) is 5.29. The highest BCUT2D eigenvalue weighted by Crippen LogP contribution is 2.27. The number of pyridine rings is 1. The molecule has 1 aromatic carbocycles. The van der Waals surface area contributed by atoms with Gasteiger partial charge in [-0.2, -0.15) is 0 Å². The van der Waals surface area contributed by atoms with E-state index in [0.717, 1.165) is 42.7 Å². The van der Waals surface area contributed by atoms with Gasteiger partial charge in [-0.3, -0.25) is 9.69 Å². The zero-order valence-corrected chi connectivity index (χ0v) is 19.6. The van der Waals surface area contributed by atoms with Gasteiger partial charge in [-0.15, -0.1) is 0 Å². The van der Waals surface area contributed by atoms with Crippen LogP contribution < -0.4 is 0 Å². The highest BCUT2D eigenvalue weighted by atomic mass is 16.5. The molecule has 0 aliphatic carbocycles. The highest BCUT2D eigenvalue weighted by Gasteiger charge is 2.36. The number of likely N-dealkylation sites (tertiary alicyclic amines) is 1. The Labute approximate surface area is 194 Å². The number of aromatic nitrogens is 2. The fourth-order valence-corrected chi connectivity index (χ4v) is 5.29. The summed E-state index contributed by atoms with van der Waals surface area (Å²) in [5.74, 6) is -0.131. The molecule has 1 fully saturated rings. The lowest BCUT2D eigenvalue weighted by molar-refractivity contribution is -0.0139. The smallest absolute Gasteiger partial charge is 0.274 e. The number of carbonyl (C=O) groups is 1. The van der Waals surface area contributed by atoms with Crippen molar-refractivity contribution in [3.63, 3.8) is 0 Å². The van der Waals surface area contributed by atoms with Crippen molar-refractivity contribution in [3.8, 4) is 0 Å². The maximum atomic E-state index is 13.3. The molecule has 2 aromatic heterocycles. The first-order valence-electron chi connectivity index (χ1n) is 11.7. The number of imidazole rings is 1. The van der Waals surface area contributed by atoms with E-state index < -0.39 is 6.10 Å². The van der Waals surface area contributed by atoms with Gasteiger partial charge in [0.2, 0.25) is 0 Å². The molecule has 0 saturated carbocycles. The van der Waals surface area contributed by atoms with Crippen LogP contribution in [0.15, 0.2) is 42.7 Å². The molecule has 3 aromatic rings. The molecule has 1 N–H and O–H groups in total. The first-order chi connectivity index (χ1) is 15.9. The molecular weight excluding hydrogens is 416 g/mol. The Kier molecular flexibility index (Phi) is 5.95. The van der Waals surface area contributed by atoms with Crippen LogP contribution in [0.5, 0.6) is 0 Å². The number of aliphatic hydroxyl groups is 1. The van der Waals surface area contributed by atoms with Gasteiger partial charge >= 0.3 is 0 Å². The third kappa shape index (κ3) is 4.16. The van der Waals surface area contributed by atoms with Crippen molar-refractivity contribution >= 4 is 11.6 Å². The highest BCUT2D eigenvalue weighted by molar-refractivity contribution is 5.93. The maximum absolute atomic E-state index is 13.3. The average molecular weight is 449 g/mol. The molecule has 7 heteroatoms. The molecule has 5 rings (SSSR count). The number of hydrogen-bond donors (Lipinski definition) is 1. The molecule has 7 nitrogen and oxygen atoms in total. The molecule has 2 aliphatic heterocycles. The van der Waals surface area contributed by atoms with Crippen molar-refractivity contribution in [2.75, 3.05) is 26.7 Å². The number of benzene rings is 1. The van der Waals surface area contributed by atoms with E-state index in [1.54, 1.807) is 18.2 Å². The van der Waals surface area contributed by atoms with Crippen LogP contribution in [0.2, 0.25) is 0 Å². The number of amides is 1. The van der Waals surface area contributed by atoms with Gasteiger partial charge in [-0.25, -0.2) is 4.98 Å². The SMILES string of the molecule is CO[C@H](C)c1cc(C)cn2cc(C(=O)N3CC[C@H](N4CCc5ccccc5C4)[C@@H](O)C3)nc12. The van der Waals surface area contributed by atoms with Gasteiger partial charge < -0.3 is 19.1 Å². The van der Waals surface area contributed by atoms with Crippen molar-refractivity contribution in [1.29, 1.82) is 0 Å².